The zero-order valence-corrected chi connectivity index (χ0v) is 15.8. The minimum atomic E-state index is -0.661. The first-order valence-electron chi connectivity index (χ1n) is 7.90. The first-order valence-corrected chi connectivity index (χ1v) is 9.65. The van der Waals surface area contributed by atoms with E-state index in [9.17, 15) is 4.79 Å². The molecule has 8 heteroatoms. The van der Waals surface area contributed by atoms with Crippen molar-refractivity contribution in [2.24, 2.45) is 0 Å². The minimum absolute atomic E-state index is 0.0125. The van der Waals surface area contributed by atoms with E-state index in [1.165, 1.54) is 11.8 Å². The molecule has 0 unspecified atom stereocenters. The average molecular weight is 406 g/mol. The Labute approximate surface area is 164 Å². The van der Waals surface area contributed by atoms with Gasteiger partial charge in [-0.05, 0) is 24.1 Å². The summed E-state index contributed by atoms with van der Waals surface area (Å²) in [4.78, 5) is 16.4. The Kier molecular flexibility index (Phi) is 4.73. The van der Waals surface area contributed by atoms with Crippen molar-refractivity contribution in [3.63, 3.8) is 0 Å². The number of benzene rings is 1. The van der Waals surface area contributed by atoms with Crippen molar-refractivity contribution in [1.82, 2.24) is 15.2 Å². The molecule has 26 heavy (non-hydrogen) atoms. The van der Waals surface area contributed by atoms with Crippen molar-refractivity contribution in [1.29, 1.82) is 0 Å². The molecule has 1 fully saturated rings. The Hall–Kier alpha value is -1.89. The van der Waals surface area contributed by atoms with Crippen LogP contribution in [0.3, 0.4) is 0 Å². The summed E-state index contributed by atoms with van der Waals surface area (Å²) in [5.74, 6) is 0.731. The molecular formula is C18H13Cl2N3O2S. The summed E-state index contributed by atoms with van der Waals surface area (Å²) in [6.07, 6.45) is 4.06. The van der Waals surface area contributed by atoms with E-state index in [0.717, 1.165) is 17.5 Å². The van der Waals surface area contributed by atoms with E-state index in [1.807, 2.05) is 18.2 Å². The normalized spacial score (nSPS) is 17.8. The van der Waals surface area contributed by atoms with E-state index < -0.39 is 4.33 Å². The highest BCUT2D eigenvalue weighted by molar-refractivity contribution is 7.99. The lowest BCUT2D eigenvalue weighted by molar-refractivity contribution is 0.102. The van der Waals surface area contributed by atoms with Crippen LogP contribution < -0.4 is 0 Å². The molecule has 1 aliphatic carbocycles. The number of ketones is 1. The molecule has 132 valence electrons. The van der Waals surface area contributed by atoms with Crippen LogP contribution in [0.25, 0.3) is 11.5 Å². The summed E-state index contributed by atoms with van der Waals surface area (Å²) in [6, 6.07) is 11.0. The van der Waals surface area contributed by atoms with Gasteiger partial charge in [-0.15, -0.1) is 33.4 Å². The molecule has 0 radical (unpaired) electrons. The van der Waals surface area contributed by atoms with Gasteiger partial charge in [0.1, 0.15) is 4.33 Å². The Morgan fingerprint density at radius 3 is 2.65 bits per heavy atom. The number of rotatable bonds is 6. The largest absolute Gasteiger partial charge is 0.411 e. The van der Waals surface area contributed by atoms with Crippen LogP contribution in [0.4, 0.5) is 0 Å². The quantitative estimate of drug-likeness (QED) is 0.334. The van der Waals surface area contributed by atoms with Crippen molar-refractivity contribution in [2.45, 2.75) is 21.9 Å². The molecule has 4 rings (SSSR count). The van der Waals surface area contributed by atoms with Crippen LogP contribution in [0.15, 0.2) is 58.4 Å². The van der Waals surface area contributed by atoms with Crippen LogP contribution in [0.2, 0.25) is 0 Å². The van der Waals surface area contributed by atoms with E-state index in [0.29, 0.717) is 16.7 Å². The first kappa shape index (κ1) is 17.5. The number of halogens is 2. The number of nitrogens with zero attached hydrogens (tertiary/aromatic N) is 3. The van der Waals surface area contributed by atoms with Crippen molar-refractivity contribution in [3.05, 3.63) is 59.9 Å². The Morgan fingerprint density at radius 2 is 2.00 bits per heavy atom. The highest BCUT2D eigenvalue weighted by Crippen LogP contribution is 2.59. The number of thioether (sulfide) groups is 1. The third kappa shape index (κ3) is 3.77. The Balaban J connectivity index is 1.36. The molecule has 1 saturated carbocycles. The summed E-state index contributed by atoms with van der Waals surface area (Å²) >= 11 is 13.4. The number of alkyl halides is 2. The zero-order valence-electron chi connectivity index (χ0n) is 13.4. The van der Waals surface area contributed by atoms with Crippen molar-refractivity contribution >= 4 is 40.7 Å². The average Bonchev–Trinajstić information content (AvgIpc) is 3.07. The molecule has 0 saturated heterocycles. The maximum absolute atomic E-state index is 12.3. The van der Waals surface area contributed by atoms with Gasteiger partial charge < -0.3 is 4.42 Å². The van der Waals surface area contributed by atoms with Gasteiger partial charge in [0.15, 0.2) is 5.78 Å². The molecule has 3 aromatic rings. The Morgan fingerprint density at radius 1 is 1.23 bits per heavy atom. The van der Waals surface area contributed by atoms with Gasteiger partial charge in [-0.3, -0.25) is 9.78 Å². The molecule has 0 amide bonds. The molecule has 5 nitrogen and oxygen atoms in total. The van der Waals surface area contributed by atoms with Gasteiger partial charge in [-0.2, -0.15) is 0 Å². The zero-order chi connectivity index (χ0) is 18.1. The SMILES string of the molecule is O=C(CSc1nnc(-c2cccnc2)o1)c1ccc([C@@H]2CC2(Cl)Cl)cc1. The predicted molar refractivity (Wildman–Crippen MR) is 101 cm³/mol. The highest BCUT2D eigenvalue weighted by atomic mass is 35.5. The number of carbonyl (C=O) groups excluding carboxylic acids is 1. The fraction of sp³-hybridized carbons (Fsp3) is 0.222. The third-order valence-corrected chi connectivity index (χ3v) is 5.76. The summed E-state index contributed by atoms with van der Waals surface area (Å²) < 4.78 is 4.90. The molecular weight excluding hydrogens is 393 g/mol. The summed E-state index contributed by atoms with van der Waals surface area (Å²) in [5.41, 5.74) is 2.42. The second-order valence-electron chi connectivity index (χ2n) is 5.97. The van der Waals surface area contributed by atoms with Crippen LogP contribution in [-0.2, 0) is 0 Å². The van der Waals surface area contributed by atoms with Crippen LogP contribution in [0, 0.1) is 0 Å². The smallest absolute Gasteiger partial charge is 0.277 e. The van der Waals surface area contributed by atoms with E-state index in [-0.39, 0.29) is 17.5 Å². The molecule has 1 aromatic carbocycles. The monoisotopic (exact) mass is 405 g/mol. The first-order chi connectivity index (χ1) is 12.5. The minimum Gasteiger partial charge on any atom is -0.411 e. The molecule has 0 N–H and O–H groups in total. The standard InChI is InChI=1S/C18H13Cl2N3O2S/c19-18(20)8-14(18)11-3-5-12(6-4-11)15(24)10-26-17-23-22-16(25-17)13-2-1-7-21-9-13/h1-7,9,14H,8,10H2/t14-/m0/s1. The maximum Gasteiger partial charge on any atom is 0.277 e. The number of hydrogen-bond acceptors (Lipinski definition) is 6. The van der Waals surface area contributed by atoms with Gasteiger partial charge in [0.2, 0.25) is 5.89 Å². The van der Waals surface area contributed by atoms with Crippen molar-refractivity contribution < 1.29 is 9.21 Å². The number of aromatic nitrogens is 3. The van der Waals surface area contributed by atoms with Gasteiger partial charge in [0, 0.05) is 23.9 Å². The second kappa shape index (κ2) is 7.02. The summed E-state index contributed by atoms with van der Waals surface area (Å²) in [7, 11) is 0. The molecule has 0 aliphatic heterocycles. The van der Waals surface area contributed by atoms with Crippen molar-refractivity contribution in [2.75, 3.05) is 5.75 Å². The summed E-state index contributed by atoms with van der Waals surface area (Å²) in [6.45, 7) is 0. The number of pyridine rings is 1. The highest BCUT2D eigenvalue weighted by Gasteiger charge is 2.52. The molecule has 2 heterocycles. The molecule has 2 aromatic heterocycles. The fourth-order valence-corrected chi connectivity index (χ4v) is 3.78. The summed E-state index contributed by atoms with van der Waals surface area (Å²) in [5, 5.41) is 8.28. The van der Waals surface area contributed by atoms with E-state index in [1.54, 1.807) is 30.6 Å². The molecule has 1 aliphatic rings. The lowest BCUT2D eigenvalue weighted by atomic mass is 10.1. The number of carbonyl (C=O) groups is 1. The van der Waals surface area contributed by atoms with Crippen molar-refractivity contribution in [3.8, 4) is 11.5 Å². The molecule has 0 spiro atoms. The van der Waals surface area contributed by atoms with Gasteiger partial charge in [-0.1, -0.05) is 36.0 Å². The fourth-order valence-electron chi connectivity index (χ4n) is 2.56. The van der Waals surface area contributed by atoms with E-state index in [4.69, 9.17) is 27.6 Å². The topological polar surface area (TPSA) is 68.9 Å². The molecule has 1 atom stereocenters. The maximum atomic E-state index is 12.3. The van der Waals surface area contributed by atoms with Gasteiger partial charge >= 0.3 is 0 Å². The van der Waals surface area contributed by atoms with Gasteiger partial charge in [0.25, 0.3) is 5.22 Å². The third-order valence-electron chi connectivity index (χ3n) is 4.10. The van der Waals surface area contributed by atoms with Crippen LogP contribution in [0.1, 0.15) is 28.3 Å². The second-order valence-corrected chi connectivity index (χ2v) is 8.44. The van der Waals surface area contributed by atoms with Crippen LogP contribution in [0.5, 0.6) is 0 Å². The van der Waals surface area contributed by atoms with Crippen LogP contribution in [-0.4, -0.2) is 31.1 Å². The van der Waals surface area contributed by atoms with E-state index >= 15 is 0 Å². The Bertz CT molecular complexity index is 929. The lowest BCUT2D eigenvalue weighted by Crippen LogP contribution is -2.02. The molecule has 0 bridgehead atoms. The number of hydrogen-bond donors (Lipinski definition) is 0. The van der Waals surface area contributed by atoms with E-state index in [2.05, 4.69) is 15.2 Å². The van der Waals surface area contributed by atoms with Crippen LogP contribution >= 0.6 is 35.0 Å². The van der Waals surface area contributed by atoms with Gasteiger partial charge in [-0.25, -0.2) is 0 Å². The predicted octanol–water partition coefficient (Wildman–Crippen LogP) is 4.77. The number of Topliss-reactive ketones (excluding diaryl/α,β-unsaturated/α-hetero) is 1. The lowest BCUT2D eigenvalue weighted by Gasteiger charge is -2.03. The van der Waals surface area contributed by atoms with Gasteiger partial charge in [0.05, 0.1) is 11.3 Å².